The summed E-state index contributed by atoms with van der Waals surface area (Å²) in [7, 11) is 0. The van der Waals surface area contributed by atoms with Crippen molar-refractivity contribution in [2.75, 3.05) is 0 Å². The van der Waals surface area contributed by atoms with Crippen molar-refractivity contribution in [1.29, 1.82) is 0 Å². The minimum atomic E-state index is -0.694. The summed E-state index contributed by atoms with van der Waals surface area (Å²) in [6.07, 6.45) is 10.3. The van der Waals surface area contributed by atoms with Gasteiger partial charge in [-0.2, -0.15) is 0 Å². The molecular formula is C23H38O4. The van der Waals surface area contributed by atoms with Crippen molar-refractivity contribution >= 4 is 5.97 Å². The molecule has 4 aliphatic carbocycles. The van der Waals surface area contributed by atoms with E-state index in [0.717, 1.165) is 32.1 Å². The maximum Gasteiger partial charge on any atom is 0.303 e. The highest BCUT2D eigenvalue weighted by Crippen LogP contribution is 2.67. The molecule has 0 amide bonds. The Kier molecular flexibility index (Phi) is 5.12. The molecule has 0 spiro atoms. The first kappa shape index (κ1) is 19.7. The van der Waals surface area contributed by atoms with E-state index in [9.17, 15) is 15.0 Å². The van der Waals surface area contributed by atoms with Crippen LogP contribution in [0, 0.1) is 40.4 Å². The van der Waals surface area contributed by atoms with E-state index in [-0.39, 0.29) is 29.1 Å². The second-order valence-corrected chi connectivity index (χ2v) is 10.7. The summed E-state index contributed by atoms with van der Waals surface area (Å²) in [6.45, 7) is 4.81. The number of carboxylic acid groups (broad SMARTS) is 1. The van der Waals surface area contributed by atoms with Gasteiger partial charge in [0.05, 0.1) is 12.2 Å². The lowest BCUT2D eigenvalue weighted by Crippen LogP contribution is -2.63. The van der Waals surface area contributed by atoms with Crippen molar-refractivity contribution in [2.24, 2.45) is 40.4 Å². The van der Waals surface area contributed by atoms with Gasteiger partial charge in [0, 0.05) is 6.42 Å². The summed E-state index contributed by atoms with van der Waals surface area (Å²) in [6, 6.07) is 0. The topological polar surface area (TPSA) is 77.8 Å². The average molecular weight is 379 g/mol. The first-order valence-electron chi connectivity index (χ1n) is 11.4. The van der Waals surface area contributed by atoms with Gasteiger partial charge >= 0.3 is 5.97 Å². The van der Waals surface area contributed by atoms with Gasteiger partial charge < -0.3 is 15.3 Å². The standard InChI is InChI=1S/C23H38O4/c1-22-13-11-16-19(15(22)10-9-14(22)6-5-8-18(24)25)21(27)20(26)17-7-3-4-12-23(16,17)2/h14-17,19-21,26-27H,3-13H2,1-2H3,(H,24,25). The maximum absolute atomic E-state index is 11.2. The SMILES string of the molecule is CC12CCC3C(C(O)C(O)C4CCCCC43C)C1CCC2CCCC(=O)O. The summed E-state index contributed by atoms with van der Waals surface area (Å²) in [5, 5.41) is 31.2. The molecule has 0 aliphatic heterocycles. The van der Waals surface area contributed by atoms with Gasteiger partial charge in [-0.15, -0.1) is 0 Å². The first-order chi connectivity index (χ1) is 12.8. The summed E-state index contributed by atoms with van der Waals surface area (Å²) in [4.78, 5) is 10.9. The number of fused-ring (bicyclic) bond motifs is 5. The molecule has 3 N–H and O–H groups in total. The van der Waals surface area contributed by atoms with E-state index in [4.69, 9.17) is 5.11 Å². The molecule has 4 nitrogen and oxygen atoms in total. The van der Waals surface area contributed by atoms with Gasteiger partial charge in [0.15, 0.2) is 0 Å². The van der Waals surface area contributed by atoms with Gasteiger partial charge in [-0.3, -0.25) is 4.79 Å². The van der Waals surface area contributed by atoms with Crippen molar-refractivity contribution in [3.63, 3.8) is 0 Å². The van der Waals surface area contributed by atoms with Crippen LogP contribution in [0.4, 0.5) is 0 Å². The van der Waals surface area contributed by atoms with E-state index >= 15 is 0 Å². The fourth-order valence-corrected chi connectivity index (χ4v) is 8.40. The molecule has 0 heterocycles. The molecule has 4 heteroatoms. The number of aliphatic carboxylic acids is 1. The lowest BCUT2D eigenvalue weighted by Gasteiger charge is -2.63. The molecule has 0 aromatic rings. The van der Waals surface area contributed by atoms with E-state index < -0.39 is 18.2 Å². The monoisotopic (exact) mass is 378 g/mol. The highest BCUT2D eigenvalue weighted by atomic mass is 16.4. The zero-order chi connectivity index (χ0) is 19.4. The van der Waals surface area contributed by atoms with Crippen LogP contribution in [0.2, 0.25) is 0 Å². The summed E-state index contributed by atoms with van der Waals surface area (Å²) in [5.74, 6) is 1.39. The number of hydrogen-bond acceptors (Lipinski definition) is 3. The summed E-state index contributed by atoms with van der Waals surface area (Å²) < 4.78 is 0. The lowest BCUT2D eigenvalue weighted by molar-refractivity contribution is -0.214. The van der Waals surface area contributed by atoms with Crippen molar-refractivity contribution < 1.29 is 20.1 Å². The number of hydrogen-bond donors (Lipinski definition) is 3. The fraction of sp³-hybridized carbons (Fsp3) is 0.957. The Hall–Kier alpha value is -0.610. The Morgan fingerprint density at radius 2 is 1.63 bits per heavy atom. The average Bonchev–Trinajstić information content (AvgIpc) is 2.95. The van der Waals surface area contributed by atoms with Crippen LogP contribution in [0.15, 0.2) is 0 Å². The quantitative estimate of drug-likeness (QED) is 0.684. The van der Waals surface area contributed by atoms with Crippen molar-refractivity contribution in [2.45, 2.75) is 96.7 Å². The van der Waals surface area contributed by atoms with Gasteiger partial charge in [-0.05, 0) is 91.8 Å². The molecule has 0 aromatic carbocycles. The number of aliphatic hydroxyl groups excluding tert-OH is 2. The van der Waals surface area contributed by atoms with Crippen LogP contribution in [0.3, 0.4) is 0 Å². The van der Waals surface area contributed by atoms with Gasteiger partial charge in [0.25, 0.3) is 0 Å². The molecular weight excluding hydrogens is 340 g/mol. The van der Waals surface area contributed by atoms with Crippen LogP contribution < -0.4 is 0 Å². The molecule has 4 rings (SSSR count). The number of carboxylic acids is 1. The van der Waals surface area contributed by atoms with Crippen LogP contribution in [0.1, 0.15) is 84.5 Å². The molecule has 4 saturated carbocycles. The predicted octanol–water partition coefficient (Wildman–Crippen LogP) is 4.23. The van der Waals surface area contributed by atoms with E-state index in [1.165, 1.54) is 32.1 Å². The smallest absolute Gasteiger partial charge is 0.303 e. The molecule has 0 radical (unpaired) electrons. The van der Waals surface area contributed by atoms with Crippen LogP contribution in [0.5, 0.6) is 0 Å². The lowest BCUT2D eigenvalue weighted by atomic mass is 9.43. The summed E-state index contributed by atoms with van der Waals surface area (Å²) in [5.41, 5.74) is 0.391. The van der Waals surface area contributed by atoms with Crippen molar-refractivity contribution in [3.8, 4) is 0 Å². The number of aliphatic hydroxyl groups is 2. The van der Waals surface area contributed by atoms with E-state index in [2.05, 4.69) is 13.8 Å². The zero-order valence-corrected chi connectivity index (χ0v) is 17.1. The third-order valence-corrected chi connectivity index (χ3v) is 9.80. The Morgan fingerprint density at radius 3 is 2.37 bits per heavy atom. The van der Waals surface area contributed by atoms with Crippen LogP contribution in [-0.4, -0.2) is 33.5 Å². The molecule has 9 atom stereocenters. The summed E-state index contributed by atoms with van der Waals surface area (Å²) >= 11 is 0. The third-order valence-electron chi connectivity index (χ3n) is 9.80. The first-order valence-corrected chi connectivity index (χ1v) is 11.4. The molecule has 4 aliphatic rings. The number of carbonyl (C=O) groups is 1. The van der Waals surface area contributed by atoms with Gasteiger partial charge in [0.1, 0.15) is 0 Å². The number of rotatable bonds is 4. The Bertz CT molecular complexity index is 577. The molecule has 0 saturated heterocycles. The van der Waals surface area contributed by atoms with E-state index in [0.29, 0.717) is 17.8 Å². The minimum Gasteiger partial charge on any atom is -0.481 e. The molecule has 0 aromatic heterocycles. The molecule has 9 unspecified atom stereocenters. The minimum absolute atomic E-state index is 0.185. The van der Waals surface area contributed by atoms with Crippen LogP contribution >= 0.6 is 0 Å². The van der Waals surface area contributed by atoms with Crippen LogP contribution in [0.25, 0.3) is 0 Å². The zero-order valence-electron chi connectivity index (χ0n) is 17.1. The molecule has 4 fully saturated rings. The second-order valence-electron chi connectivity index (χ2n) is 10.7. The second kappa shape index (κ2) is 7.02. The third kappa shape index (κ3) is 2.97. The van der Waals surface area contributed by atoms with Gasteiger partial charge in [-0.1, -0.05) is 26.7 Å². The van der Waals surface area contributed by atoms with Crippen molar-refractivity contribution in [3.05, 3.63) is 0 Å². The Morgan fingerprint density at radius 1 is 0.889 bits per heavy atom. The van der Waals surface area contributed by atoms with E-state index in [1.54, 1.807) is 0 Å². The normalized spacial score (nSPS) is 51.9. The highest BCUT2D eigenvalue weighted by Gasteiger charge is 2.64. The largest absolute Gasteiger partial charge is 0.481 e. The van der Waals surface area contributed by atoms with E-state index in [1.807, 2.05) is 0 Å². The molecule has 154 valence electrons. The van der Waals surface area contributed by atoms with Crippen molar-refractivity contribution in [1.82, 2.24) is 0 Å². The van der Waals surface area contributed by atoms with Gasteiger partial charge in [0.2, 0.25) is 0 Å². The Balaban J connectivity index is 1.57. The highest BCUT2D eigenvalue weighted by molar-refractivity contribution is 5.66. The molecule has 27 heavy (non-hydrogen) atoms. The predicted molar refractivity (Wildman–Crippen MR) is 104 cm³/mol. The fourth-order valence-electron chi connectivity index (χ4n) is 8.40. The van der Waals surface area contributed by atoms with Gasteiger partial charge in [-0.25, -0.2) is 0 Å². The Labute approximate surface area is 163 Å². The molecule has 0 bridgehead atoms. The van der Waals surface area contributed by atoms with Crippen LogP contribution in [-0.2, 0) is 4.79 Å². The maximum atomic E-state index is 11.2.